The number of halogens is 2. The van der Waals surface area contributed by atoms with Crippen LogP contribution in [0.4, 0.5) is 17.5 Å². The lowest BCUT2D eigenvalue weighted by Gasteiger charge is -2.12. The normalized spacial score (nSPS) is 10.5. The number of aromatic nitrogens is 2. The first-order valence-electron chi connectivity index (χ1n) is 7.56. The van der Waals surface area contributed by atoms with Gasteiger partial charge in [0.05, 0.1) is 16.4 Å². The summed E-state index contributed by atoms with van der Waals surface area (Å²) >= 11 is 8.55. The molecule has 0 aliphatic carbocycles. The van der Waals surface area contributed by atoms with Gasteiger partial charge in [-0.15, -0.1) is 0 Å². The number of benzene rings is 2. The van der Waals surface area contributed by atoms with Crippen molar-refractivity contribution in [1.29, 1.82) is 0 Å². The standard InChI is InChI=1S/C18H16ClIN4/c1-2-21-18-23-16(12-6-4-3-5-7-12)11-17(24-18)22-15-9-8-13(20)10-14(15)19/h3-11H,2H2,1H3,(H2,21,22,23,24). The zero-order valence-corrected chi connectivity index (χ0v) is 16.0. The summed E-state index contributed by atoms with van der Waals surface area (Å²) < 4.78 is 1.09. The fourth-order valence-electron chi connectivity index (χ4n) is 2.23. The Morgan fingerprint density at radius 1 is 1.04 bits per heavy atom. The van der Waals surface area contributed by atoms with Crippen molar-refractivity contribution in [3.8, 4) is 11.3 Å². The molecule has 1 aromatic heterocycles. The number of nitrogens with zero attached hydrogens (tertiary/aromatic N) is 2. The first-order chi connectivity index (χ1) is 11.7. The Labute approximate surface area is 159 Å². The number of hydrogen-bond acceptors (Lipinski definition) is 4. The molecule has 122 valence electrons. The number of hydrogen-bond donors (Lipinski definition) is 2. The molecule has 0 amide bonds. The maximum Gasteiger partial charge on any atom is 0.225 e. The van der Waals surface area contributed by atoms with Crippen LogP contribution in [0.1, 0.15) is 6.92 Å². The average Bonchev–Trinajstić information content (AvgIpc) is 2.58. The Morgan fingerprint density at radius 3 is 2.54 bits per heavy atom. The van der Waals surface area contributed by atoms with E-state index >= 15 is 0 Å². The summed E-state index contributed by atoms with van der Waals surface area (Å²) in [6, 6.07) is 17.8. The minimum absolute atomic E-state index is 0.586. The minimum atomic E-state index is 0.586. The molecule has 4 nitrogen and oxygen atoms in total. The zero-order chi connectivity index (χ0) is 16.9. The van der Waals surface area contributed by atoms with Gasteiger partial charge in [-0.1, -0.05) is 41.9 Å². The van der Waals surface area contributed by atoms with Gasteiger partial charge >= 0.3 is 0 Å². The lowest BCUT2D eigenvalue weighted by Crippen LogP contribution is -2.05. The highest BCUT2D eigenvalue weighted by Gasteiger charge is 2.08. The largest absolute Gasteiger partial charge is 0.354 e. The molecule has 0 saturated carbocycles. The van der Waals surface area contributed by atoms with Gasteiger partial charge in [0.2, 0.25) is 5.95 Å². The van der Waals surface area contributed by atoms with Crippen LogP contribution in [0, 0.1) is 3.57 Å². The van der Waals surface area contributed by atoms with E-state index < -0.39 is 0 Å². The van der Waals surface area contributed by atoms with Crippen LogP contribution >= 0.6 is 34.2 Å². The van der Waals surface area contributed by atoms with Gasteiger partial charge in [-0.3, -0.25) is 0 Å². The molecule has 6 heteroatoms. The number of rotatable bonds is 5. The van der Waals surface area contributed by atoms with Crippen LogP contribution in [0.3, 0.4) is 0 Å². The molecule has 2 aromatic carbocycles. The Hall–Kier alpha value is -1.86. The lowest BCUT2D eigenvalue weighted by atomic mass is 10.1. The van der Waals surface area contributed by atoms with Crippen LogP contribution in [0.15, 0.2) is 54.6 Å². The predicted molar refractivity (Wildman–Crippen MR) is 109 cm³/mol. The van der Waals surface area contributed by atoms with E-state index in [1.807, 2.05) is 61.5 Å². The molecule has 24 heavy (non-hydrogen) atoms. The summed E-state index contributed by atoms with van der Waals surface area (Å²) in [6.45, 7) is 2.77. The molecule has 0 aliphatic heterocycles. The lowest BCUT2D eigenvalue weighted by molar-refractivity contribution is 1.09. The first-order valence-corrected chi connectivity index (χ1v) is 9.02. The predicted octanol–water partition coefficient (Wildman–Crippen LogP) is 5.58. The third kappa shape index (κ3) is 4.15. The van der Waals surface area contributed by atoms with Gasteiger partial charge in [-0.05, 0) is 47.7 Å². The van der Waals surface area contributed by atoms with Crippen LogP contribution in [-0.2, 0) is 0 Å². The molecule has 1 heterocycles. The topological polar surface area (TPSA) is 49.8 Å². The van der Waals surface area contributed by atoms with Crippen LogP contribution in [0.5, 0.6) is 0 Å². The van der Waals surface area contributed by atoms with Gasteiger partial charge in [0.25, 0.3) is 0 Å². The molecule has 0 bridgehead atoms. The third-order valence-electron chi connectivity index (χ3n) is 3.32. The van der Waals surface area contributed by atoms with E-state index in [-0.39, 0.29) is 0 Å². The zero-order valence-electron chi connectivity index (χ0n) is 13.1. The van der Waals surface area contributed by atoms with E-state index in [0.29, 0.717) is 16.8 Å². The third-order valence-corrected chi connectivity index (χ3v) is 4.31. The number of anilines is 3. The highest BCUT2D eigenvalue weighted by atomic mass is 127. The second-order valence-electron chi connectivity index (χ2n) is 5.11. The molecular formula is C18H16ClIN4. The second kappa shape index (κ2) is 7.81. The summed E-state index contributed by atoms with van der Waals surface area (Å²) in [4.78, 5) is 9.09. The van der Waals surface area contributed by atoms with Crippen LogP contribution in [-0.4, -0.2) is 16.5 Å². The van der Waals surface area contributed by atoms with Crippen molar-refractivity contribution in [2.75, 3.05) is 17.2 Å². The van der Waals surface area contributed by atoms with E-state index in [1.54, 1.807) is 0 Å². The SMILES string of the molecule is CCNc1nc(Nc2ccc(I)cc2Cl)cc(-c2ccccc2)n1. The van der Waals surface area contributed by atoms with Gasteiger partial charge < -0.3 is 10.6 Å². The summed E-state index contributed by atoms with van der Waals surface area (Å²) in [5, 5.41) is 7.11. The van der Waals surface area contributed by atoms with Crippen molar-refractivity contribution in [1.82, 2.24) is 9.97 Å². The van der Waals surface area contributed by atoms with Crippen molar-refractivity contribution in [2.45, 2.75) is 6.92 Å². The van der Waals surface area contributed by atoms with Gasteiger partial charge in [0.15, 0.2) is 0 Å². The van der Waals surface area contributed by atoms with Gasteiger partial charge in [-0.25, -0.2) is 4.98 Å². The van der Waals surface area contributed by atoms with E-state index in [9.17, 15) is 0 Å². The quantitative estimate of drug-likeness (QED) is 0.499. The van der Waals surface area contributed by atoms with Crippen molar-refractivity contribution in [3.63, 3.8) is 0 Å². The maximum absolute atomic E-state index is 6.31. The second-order valence-corrected chi connectivity index (χ2v) is 6.76. The Kier molecular flexibility index (Phi) is 5.52. The smallest absolute Gasteiger partial charge is 0.225 e. The Balaban J connectivity index is 1.99. The molecular weight excluding hydrogens is 435 g/mol. The molecule has 0 aliphatic rings. The van der Waals surface area contributed by atoms with Gasteiger partial charge in [-0.2, -0.15) is 4.98 Å². The van der Waals surface area contributed by atoms with Gasteiger partial charge in [0, 0.05) is 21.7 Å². The highest BCUT2D eigenvalue weighted by Crippen LogP contribution is 2.28. The van der Waals surface area contributed by atoms with Crippen molar-refractivity contribution >= 4 is 51.6 Å². The monoisotopic (exact) mass is 450 g/mol. The van der Waals surface area contributed by atoms with E-state index in [2.05, 4.69) is 43.2 Å². The Morgan fingerprint density at radius 2 is 1.83 bits per heavy atom. The molecule has 0 spiro atoms. The first kappa shape index (κ1) is 17.0. The summed E-state index contributed by atoms with van der Waals surface area (Å²) in [5.41, 5.74) is 2.71. The van der Waals surface area contributed by atoms with E-state index in [4.69, 9.17) is 11.6 Å². The Bertz CT molecular complexity index is 840. The fourth-order valence-corrected chi connectivity index (χ4v) is 3.14. The fraction of sp³-hybridized carbons (Fsp3) is 0.111. The van der Waals surface area contributed by atoms with E-state index in [1.165, 1.54) is 0 Å². The van der Waals surface area contributed by atoms with Crippen LogP contribution < -0.4 is 10.6 Å². The van der Waals surface area contributed by atoms with Crippen molar-refractivity contribution in [3.05, 3.63) is 63.2 Å². The van der Waals surface area contributed by atoms with Gasteiger partial charge in [0.1, 0.15) is 5.82 Å². The summed E-state index contributed by atoms with van der Waals surface area (Å²) in [5.74, 6) is 1.28. The number of nitrogens with one attached hydrogen (secondary N) is 2. The maximum atomic E-state index is 6.31. The van der Waals surface area contributed by atoms with Crippen molar-refractivity contribution < 1.29 is 0 Å². The van der Waals surface area contributed by atoms with E-state index in [0.717, 1.165) is 27.1 Å². The summed E-state index contributed by atoms with van der Waals surface area (Å²) in [7, 11) is 0. The molecule has 0 saturated heterocycles. The molecule has 0 unspecified atom stereocenters. The van der Waals surface area contributed by atoms with Crippen LogP contribution in [0.25, 0.3) is 11.3 Å². The molecule has 0 fully saturated rings. The van der Waals surface area contributed by atoms with Crippen molar-refractivity contribution in [2.24, 2.45) is 0 Å². The average molecular weight is 451 g/mol. The highest BCUT2D eigenvalue weighted by molar-refractivity contribution is 14.1. The molecule has 3 rings (SSSR count). The molecule has 3 aromatic rings. The summed E-state index contributed by atoms with van der Waals surface area (Å²) in [6.07, 6.45) is 0. The molecule has 2 N–H and O–H groups in total. The molecule has 0 atom stereocenters. The minimum Gasteiger partial charge on any atom is -0.354 e. The van der Waals surface area contributed by atoms with Crippen LogP contribution in [0.2, 0.25) is 5.02 Å². The molecule has 0 radical (unpaired) electrons.